The summed E-state index contributed by atoms with van der Waals surface area (Å²) in [6.07, 6.45) is 1.03. The van der Waals surface area contributed by atoms with E-state index in [4.69, 9.17) is 5.84 Å². The molecule has 0 spiro atoms. The van der Waals surface area contributed by atoms with Crippen molar-refractivity contribution in [3.05, 3.63) is 34.9 Å². The van der Waals surface area contributed by atoms with Crippen LogP contribution in [0, 0.1) is 13.8 Å². The molecule has 0 radical (unpaired) electrons. The number of nitrogens with one attached hydrogen (secondary N) is 1. The zero-order valence-electron chi connectivity index (χ0n) is 11.1. The Morgan fingerprint density at radius 3 is 2.61 bits per heavy atom. The van der Waals surface area contributed by atoms with Crippen LogP contribution in [0.3, 0.4) is 0 Å². The fourth-order valence-corrected chi connectivity index (χ4v) is 5.30. The maximum absolute atomic E-state index is 5.78. The Morgan fingerprint density at radius 1 is 1.33 bits per heavy atom. The summed E-state index contributed by atoms with van der Waals surface area (Å²) in [6.45, 7) is 4.39. The Kier molecular flexibility index (Phi) is 5.42. The van der Waals surface area contributed by atoms with Gasteiger partial charge in [-0.3, -0.25) is 11.3 Å². The van der Waals surface area contributed by atoms with E-state index in [2.05, 4.69) is 49.2 Å². The third kappa shape index (κ3) is 3.44. The topological polar surface area (TPSA) is 38.0 Å². The van der Waals surface area contributed by atoms with Gasteiger partial charge < -0.3 is 0 Å². The normalized spacial score (nSPS) is 21.8. The Hall–Kier alpha value is -0.160. The van der Waals surface area contributed by atoms with Crippen LogP contribution in [0.15, 0.2) is 18.2 Å². The molecule has 100 valence electrons. The molecule has 0 bridgehead atoms. The van der Waals surface area contributed by atoms with Crippen LogP contribution >= 0.6 is 23.5 Å². The van der Waals surface area contributed by atoms with Crippen molar-refractivity contribution >= 4 is 23.5 Å². The van der Waals surface area contributed by atoms with Gasteiger partial charge in [0.1, 0.15) is 0 Å². The number of hydrogen-bond donors (Lipinski definition) is 2. The van der Waals surface area contributed by atoms with Gasteiger partial charge in [0.2, 0.25) is 0 Å². The van der Waals surface area contributed by atoms with E-state index in [-0.39, 0.29) is 0 Å². The van der Waals surface area contributed by atoms with E-state index in [1.165, 1.54) is 33.9 Å². The number of rotatable bonds is 4. The minimum Gasteiger partial charge on any atom is -0.271 e. The SMILES string of the molecule is Cc1cccc(C)c1CC(NN)C1CSCCS1. The third-order valence-electron chi connectivity index (χ3n) is 3.57. The van der Waals surface area contributed by atoms with Crippen molar-refractivity contribution in [2.75, 3.05) is 17.3 Å². The van der Waals surface area contributed by atoms with Crippen LogP contribution in [0.1, 0.15) is 16.7 Å². The van der Waals surface area contributed by atoms with E-state index < -0.39 is 0 Å². The van der Waals surface area contributed by atoms with Gasteiger partial charge in [-0.05, 0) is 37.0 Å². The summed E-state index contributed by atoms with van der Waals surface area (Å²) in [7, 11) is 0. The average Bonchev–Trinajstić information content (AvgIpc) is 2.40. The lowest BCUT2D eigenvalue weighted by Gasteiger charge is -2.29. The monoisotopic (exact) mass is 282 g/mol. The summed E-state index contributed by atoms with van der Waals surface area (Å²) in [4.78, 5) is 0. The molecule has 2 nitrogen and oxygen atoms in total. The first kappa shape index (κ1) is 14.3. The van der Waals surface area contributed by atoms with Crippen molar-refractivity contribution in [2.24, 2.45) is 5.84 Å². The predicted molar refractivity (Wildman–Crippen MR) is 84.3 cm³/mol. The molecule has 2 unspecified atom stereocenters. The van der Waals surface area contributed by atoms with Crippen LogP contribution in [0.2, 0.25) is 0 Å². The molecular formula is C14H22N2S2. The fraction of sp³-hybridized carbons (Fsp3) is 0.571. The summed E-state index contributed by atoms with van der Waals surface area (Å²) >= 11 is 4.11. The molecule has 1 aliphatic rings. The first-order valence-electron chi connectivity index (χ1n) is 6.43. The number of aryl methyl sites for hydroxylation is 2. The van der Waals surface area contributed by atoms with E-state index >= 15 is 0 Å². The van der Waals surface area contributed by atoms with E-state index in [9.17, 15) is 0 Å². The van der Waals surface area contributed by atoms with Gasteiger partial charge in [0.25, 0.3) is 0 Å². The van der Waals surface area contributed by atoms with Crippen molar-refractivity contribution < 1.29 is 0 Å². The maximum atomic E-state index is 5.78. The molecule has 2 rings (SSSR count). The molecule has 0 saturated carbocycles. The minimum absolute atomic E-state index is 0.377. The Balaban J connectivity index is 2.09. The second-order valence-electron chi connectivity index (χ2n) is 4.83. The Morgan fingerprint density at radius 2 is 2.06 bits per heavy atom. The van der Waals surface area contributed by atoms with Gasteiger partial charge in [0, 0.05) is 28.6 Å². The van der Waals surface area contributed by atoms with Crippen molar-refractivity contribution in [3.63, 3.8) is 0 Å². The van der Waals surface area contributed by atoms with Crippen LogP contribution in [-0.2, 0) is 6.42 Å². The second-order valence-corrected chi connectivity index (χ2v) is 7.33. The van der Waals surface area contributed by atoms with E-state index in [1.54, 1.807) is 0 Å². The molecule has 1 fully saturated rings. The first-order valence-corrected chi connectivity index (χ1v) is 8.63. The maximum Gasteiger partial charge on any atom is 0.0377 e. The molecule has 0 aromatic heterocycles. The van der Waals surface area contributed by atoms with Gasteiger partial charge in [0.15, 0.2) is 0 Å². The van der Waals surface area contributed by atoms with Gasteiger partial charge in [-0.25, -0.2) is 0 Å². The Bertz CT molecular complexity index is 369. The number of hydrazine groups is 1. The summed E-state index contributed by atoms with van der Waals surface area (Å²) in [5.74, 6) is 9.52. The highest BCUT2D eigenvalue weighted by molar-refractivity contribution is 8.06. The molecule has 1 aromatic carbocycles. The van der Waals surface area contributed by atoms with Crippen LogP contribution in [0.4, 0.5) is 0 Å². The van der Waals surface area contributed by atoms with E-state index in [1.807, 2.05) is 11.8 Å². The first-order chi connectivity index (χ1) is 8.72. The summed E-state index contributed by atoms with van der Waals surface area (Å²) in [5.41, 5.74) is 7.25. The predicted octanol–water partition coefficient (Wildman–Crippen LogP) is 2.53. The summed E-state index contributed by atoms with van der Waals surface area (Å²) in [6, 6.07) is 6.89. The average molecular weight is 282 g/mol. The molecule has 0 aliphatic carbocycles. The Labute approximate surface area is 118 Å². The molecule has 18 heavy (non-hydrogen) atoms. The van der Waals surface area contributed by atoms with Crippen LogP contribution in [0.5, 0.6) is 0 Å². The van der Waals surface area contributed by atoms with Crippen molar-refractivity contribution in [2.45, 2.75) is 31.6 Å². The molecule has 4 heteroatoms. The largest absolute Gasteiger partial charge is 0.271 e. The second kappa shape index (κ2) is 6.85. The van der Waals surface area contributed by atoms with Gasteiger partial charge in [-0.15, -0.1) is 0 Å². The van der Waals surface area contributed by atoms with Crippen LogP contribution in [-0.4, -0.2) is 28.6 Å². The number of hydrogen-bond acceptors (Lipinski definition) is 4. The molecule has 1 aromatic rings. The van der Waals surface area contributed by atoms with Gasteiger partial charge in [0.05, 0.1) is 0 Å². The van der Waals surface area contributed by atoms with Crippen molar-refractivity contribution in [3.8, 4) is 0 Å². The highest BCUT2D eigenvalue weighted by atomic mass is 32.2. The molecular weight excluding hydrogens is 260 g/mol. The van der Waals surface area contributed by atoms with Gasteiger partial charge in [-0.2, -0.15) is 23.5 Å². The molecule has 0 amide bonds. The lowest BCUT2D eigenvalue weighted by Crippen LogP contribution is -2.46. The number of nitrogens with two attached hydrogens (primary N) is 1. The third-order valence-corrected chi connectivity index (χ3v) is 6.49. The standard InChI is InChI=1S/C14H22N2S2/c1-10-4-3-5-11(2)12(10)8-13(16-15)14-9-17-6-7-18-14/h3-5,13-14,16H,6-9,15H2,1-2H3. The highest BCUT2D eigenvalue weighted by Crippen LogP contribution is 2.28. The zero-order chi connectivity index (χ0) is 13.0. The lowest BCUT2D eigenvalue weighted by molar-refractivity contribution is 0.521. The van der Waals surface area contributed by atoms with E-state index in [0.717, 1.165) is 6.42 Å². The zero-order valence-corrected chi connectivity index (χ0v) is 12.7. The summed E-state index contributed by atoms with van der Waals surface area (Å²) < 4.78 is 0. The number of benzene rings is 1. The van der Waals surface area contributed by atoms with Crippen LogP contribution in [0.25, 0.3) is 0 Å². The summed E-state index contributed by atoms with van der Waals surface area (Å²) in [5, 5.41) is 0.632. The minimum atomic E-state index is 0.377. The number of thioether (sulfide) groups is 2. The highest BCUT2D eigenvalue weighted by Gasteiger charge is 2.24. The van der Waals surface area contributed by atoms with Gasteiger partial charge in [-0.1, -0.05) is 18.2 Å². The lowest BCUT2D eigenvalue weighted by atomic mass is 9.95. The molecule has 1 heterocycles. The fourth-order valence-electron chi connectivity index (χ4n) is 2.43. The van der Waals surface area contributed by atoms with Crippen molar-refractivity contribution in [1.82, 2.24) is 5.43 Å². The van der Waals surface area contributed by atoms with Crippen LogP contribution < -0.4 is 11.3 Å². The molecule has 1 aliphatic heterocycles. The quantitative estimate of drug-likeness (QED) is 0.657. The van der Waals surface area contributed by atoms with E-state index in [0.29, 0.717) is 11.3 Å². The van der Waals surface area contributed by atoms with Gasteiger partial charge >= 0.3 is 0 Å². The molecule has 2 atom stereocenters. The molecule has 3 N–H and O–H groups in total. The van der Waals surface area contributed by atoms with Crippen molar-refractivity contribution in [1.29, 1.82) is 0 Å². The smallest absolute Gasteiger partial charge is 0.0377 e. The molecule has 1 saturated heterocycles.